The molecule has 2 atom stereocenters. The maximum Gasteiger partial charge on any atom is 0.237 e. The average molecular weight is 279 g/mol. The van der Waals surface area contributed by atoms with E-state index in [1.807, 2.05) is 12.3 Å². The Balaban J connectivity index is 1.49. The Labute approximate surface area is 123 Å². The number of amides is 1. The molecule has 2 aliphatic heterocycles. The summed E-state index contributed by atoms with van der Waals surface area (Å²) in [5.41, 5.74) is 3.55. The van der Waals surface area contributed by atoms with Gasteiger partial charge in [0.2, 0.25) is 5.91 Å². The number of nitrogens with zero attached hydrogens (tertiary/aromatic N) is 2. The first-order chi connectivity index (χ1) is 10.3. The second-order valence-electron chi connectivity index (χ2n) is 5.83. The molecule has 2 aliphatic rings. The van der Waals surface area contributed by atoms with E-state index in [0.717, 1.165) is 25.1 Å². The number of pyridine rings is 1. The number of rotatable bonds is 3. The summed E-state index contributed by atoms with van der Waals surface area (Å²) in [6.45, 7) is 1.82. The van der Waals surface area contributed by atoms with Crippen LogP contribution in [0, 0.1) is 0 Å². The maximum atomic E-state index is 11.7. The molecular weight excluding hydrogens is 262 g/mol. The van der Waals surface area contributed by atoms with Crippen LogP contribution in [0.3, 0.4) is 0 Å². The van der Waals surface area contributed by atoms with Crippen molar-refractivity contribution >= 4 is 5.91 Å². The Hall–Kier alpha value is -2.20. The predicted octanol–water partition coefficient (Wildman–Crippen LogP) is 1.82. The molecule has 21 heavy (non-hydrogen) atoms. The smallest absolute Gasteiger partial charge is 0.237 e. The standard InChI is InChI=1S/C17H17N3O/c21-17-16-8-15(19-17)11-20(16)10-12-3-5-13(6-4-12)14-2-1-7-18-9-14/h1-7,9,15-16H,8,10-11H2,(H,19,21)/t15-,16-/m0/s1. The second kappa shape index (κ2) is 4.97. The molecule has 0 radical (unpaired) electrons. The third-order valence-corrected chi connectivity index (χ3v) is 4.39. The van der Waals surface area contributed by atoms with Crippen LogP contribution in [0.2, 0.25) is 0 Å². The van der Waals surface area contributed by atoms with Gasteiger partial charge in [-0.25, -0.2) is 0 Å². The number of piperazine rings is 1. The van der Waals surface area contributed by atoms with E-state index in [4.69, 9.17) is 0 Å². The Kier molecular flexibility index (Phi) is 2.97. The van der Waals surface area contributed by atoms with Crippen LogP contribution in [0.4, 0.5) is 0 Å². The van der Waals surface area contributed by atoms with Crippen LogP contribution in [0.15, 0.2) is 48.8 Å². The number of nitrogens with one attached hydrogen (secondary N) is 1. The lowest BCUT2D eigenvalue weighted by Gasteiger charge is -2.26. The molecule has 2 fully saturated rings. The van der Waals surface area contributed by atoms with Gasteiger partial charge in [-0.3, -0.25) is 14.7 Å². The molecule has 0 unspecified atom stereocenters. The highest BCUT2D eigenvalue weighted by atomic mass is 16.2. The summed E-state index contributed by atoms with van der Waals surface area (Å²) in [5.74, 6) is 0.193. The van der Waals surface area contributed by atoms with Crippen molar-refractivity contribution in [3.05, 3.63) is 54.4 Å². The normalized spacial score (nSPS) is 24.3. The number of fused-ring (bicyclic) bond motifs is 2. The lowest BCUT2D eigenvalue weighted by Crippen LogP contribution is -2.47. The van der Waals surface area contributed by atoms with E-state index < -0.39 is 0 Å². The monoisotopic (exact) mass is 279 g/mol. The fourth-order valence-electron chi connectivity index (χ4n) is 3.32. The van der Waals surface area contributed by atoms with Gasteiger partial charge in [0.1, 0.15) is 0 Å². The summed E-state index contributed by atoms with van der Waals surface area (Å²) in [4.78, 5) is 18.1. The molecule has 2 saturated heterocycles. The van der Waals surface area contributed by atoms with Crippen LogP contribution in [-0.4, -0.2) is 34.4 Å². The summed E-state index contributed by atoms with van der Waals surface area (Å²) in [6, 6.07) is 13.0. The minimum Gasteiger partial charge on any atom is -0.351 e. The molecule has 0 saturated carbocycles. The molecule has 1 amide bonds. The van der Waals surface area contributed by atoms with E-state index >= 15 is 0 Å². The molecule has 2 bridgehead atoms. The lowest BCUT2D eigenvalue weighted by atomic mass is 10.1. The topological polar surface area (TPSA) is 45.2 Å². The third-order valence-electron chi connectivity index (χ3n) is 4.39. The van der Waals surface area contributed by atoms with Crippen molar-refractivity contribution in [2.24, 2.45) is 0 Å². The van der Waals surface area contributed by atoms with Crippen LogP contribution in [0.1, 0.15) is 12.0 Å². The Morgan fingerprint density at radius 1 is 1.19 bits per heavy atom. The number of benzene rings is 1. The van der Waals surface area contributed by atoms with Crippen molar-refractivity contribution in [1.29, 1.82) is 0 Å². The van der Waals surface area contributed by atoms with Crippen LogP contribution >= 0.6 is 0 Å². The quantitative estimate of drug-likeness (QED) is 0.932. The minimum atomic E-state index is 0.0769. The van der Waals surface area contributed by atoms with E-state index in [9.17, 15) is 4.79 Å². The Bertz CT molecular complexity index is 653. The van der Waals surface area contributed by atoms with Crippen molar-refractivity contribution in [3.8, 4) is 11.1 Å². The van der Waals surface area contributed by atoms with E-state index in [1.54, 1.807) is 6.20 Å². The summed E-state index contributed by atoms with van der Waals surface area (Å²) < 4.78 is 0. The molecule has 0 aliphatic carbocycles. The zero-order valence-corrected chi connectivity index (χ0v) is 11.7. The van der Waals surface area contributed by atoms with Crippen molar-refractivity contribution < 1.29 is 4.79 Å². The zero-order valence-electron chi connectivity index (χ0n) is 11.7. The van der Waals surface area contributed by atoms with E-state index in [1.165, 1.54) is 11.1 Å². The van der Waals surface area contributed by atoms with Crippen molar-refractivity contribution in [2.45, 2.75) is 25.0 Å². The van der Waals surface area contributed by atoms with E-state index in [-0.39, 0.29) is 11.9 Å². The zero-order chi connectivity index (χ0) is 14.2. The summed E-state index contributed by atoms with van der Waals surface area (Å²) in [5, 5.41) is 3.01. The molecule has 1 N–H and O–H groups in total. The highest BCUT2D eigenvalue weighted by Gasteiger charge is 2.43. The van der Waals surface area contributed by atoms with Gasteiger partial charge in [-0.05, 0) is 29.2 Å². The molecule has 4 rings (SSSR count). The van der Waals surface area contributed by atoms with Crippen LogP contribution in [0.5, 0.6) is 0 Å². The number of hydrogen-bond donors (Lipinski definition) is 1. The van der Waals surface area contributed by atoms with Gasteiger partial charge >= 0.3 is 0 Å². The van der Waals surface area contributed by atoms with Crippen LogP contribution < -0.4 is 5.32 Å². The first kappa shape index (κ1) is 12.5. The molecule has 106 valence electrons. The van der Waals surface area contributed by atoms with Gasteiger partial charge < -0.3 is 5.32 Å². The van der Waals surface area contributed by atoms with Gasteiger partial charge in [-0.15, -0.1) is 0 Å². The van der Waals surface area contributed by atoms with E-state index in [2.05, 4.69) is 45.5 Å². The molecule has 1 aromatic carbocycles. The summed E-state index contributed by atoms with van der Waals surface area (Å²) in [7, 11) is 0. The molecule has 4 heteroatoms. The van der Waals surface area contributed by atoms with Crippen LogP contribution in [-0.2, 0) is 11.3 Å². The van der Waals surface area contributed by atoms with Crippen molar-refractivity contribution in [3.63, 3.8) is 0 Å². The number of likely N-dealkylation sites (tertiary alicyclic amines) is 1. The predicted molar refractivity (Wildman–Crippen MR) is 80.4 cm³/mol. The van der Waals surface area contributed by atoms with Gasteiger partial charge in [0.05, 0.1) is 6.04 Å². The number of carbonyl (C=O) groups is 1. The molecule has 1 aromatic heterocycles. The Morgan fingerprint density at radius 3 is 2.71 bits per heavy atom. The molecule has 0 spiro atoms. The fraction of sp³-hybridized carbons (Fsp3) is 0.294. The van der Waals surface area contributed by atoms with Crippen LogP contribution in [0.25, 0.3) is 11.1 Å². The SMILES string of the molecule is O=C1N[C@H]2C[C@@H]1N(Cc1ccc(-c3cccnc3)cc1)C2. The first-order valence-electron chi connectivity index (χ1n) is 7.33. The molecular formula is C17H17N3O. The van der Waals surface area contributed by atoms with E-state index in [0.29, 0.717) is 6.04 Å². The molecule has 3 heterocycles. The highest BCUT2D eigenvalue weighted by Crippen LogP contribution is 2.26. The third kappa shape index (κ3) is 2.32. The summed E-state index contributed by atoms with van der Waals surface area (Å²) >= 11 is 0. The van der Waals surface area contributed by atoms with Crippen molar-refractivity contribution in [2.75, 3.05) is 6.54 Å². The maximum absolute atomic E-state index is 11.7. The van der Waals surface area contributed by atoms with Crippen molar-refractivity contribution in [1.82, 2.24) is 15.2 Å². The van der Waals surface area contributed by atoms with Gasteiger partial charge in [-0.2, -0.15) is 0 Å². The largest absolute Gasteiger partial charge is 0.351 e. The average Bonchev–Trinajstić information content (AvgIpc) is 3.08. The first-order valence-corrected chi connectivity index (χ1v) is 7.33. The minimum absolute atomic E-state index is 0.0769. The van der Waals surface area contributed by atoms with Gasteiger partial charge in [0, 0.05) is 31.5 Å². The number of aromatic nitrogens is 1. The number of hydrogen-bond acceptors (Lipinski definition) is 3. The highest BCUT2D eigenvalue weighted by molar-refractivity contribution is 5.85. The van der Waals surface area contributed by atoms with Gasteiger partial charge in [0.25, 0.3) is 0 Å². The molecule has 4 nitrogen and oxygen atoms in total. The lowest BCUT2D eigenvalue weighted by molar-refractivity contribution is -0.125. The molecule has 2 aromatic rings. The van der Waals surface area contributed by atoms with Gasteiger partial charge in [-0.1, -0.05) is 30.3 Å². The summed E-state index contributed by atoms with van der Waals surface area (Å²) in [6.07, 6.45) is 4.62. The van der Waals surface area contributed by atoms with Gasteiger partial charge in [0.15, 0.2) is 0 Å². The fourth-order valence-corrected chi connectivity index (χ4v) is 3.32. The second-order valence-corrected chi connectivity index (χ2v) is 5.83. The number of carbonyl (C=O) groups excluding carboxylic acids is 1. The Morgan fingerprint density at radius 2 is 2.05 bits per heavy atom.